The van der Waals surface area contributed by atoms with Crippen molar-refractivity contribution in [3.63, 3.8) is 0 Å². The van der Waals surface area contributed by atoms with Crippen LogP contribution in [0.2, 0.25) is 0 Å². The monoisotopic (exact) mass is 295 g/mol. The normalized spacial score (nSPS) is 16.3. The number of rotatable bonds is 0. The van der Waals surface area contributed by atoms with Crippen molar-refractivity contribution in [2.24, 2.45) is 4.99 Å². The van der Waals surface area contributed by atoms with Crippen LogP contribution in [-0.2, 0) is 0 Å². The molecule has 86 valence electrons. The molecule has 2 heteroatoms. The number of fused-ring (bicyclic) bond motifs is 4. The Labute approximate surface area is 113 Å². The van der Waals surface area contributed by atoms with Crippen LogP contribution in [0.4, 0.5) is 0 Å². The van der Waals surface area contributed by atoms with E-state index in [9.17, 15) is 0 Å². The second-order valence-corrected chi connectivity index (χ2v) is 5.40. The molecule has 0 amide bonds. The van der Waals surface area contributed by atoms with Crippen LogP contribution in [0, 0.1) is 0 Å². The SMILES string of the molecule is Brc1cccc2ccc3c(c12)=C1C=CCC=C1N=3. The Hall–Kier alpha value is -1.67. The zero-order valence-electron chi connectivity index (χ0n) is 9.65. The van der Waals surface area contributed by atoms with Gasteiger partial charge in [0, 0.05) is 20.7 Å². The molecule has 0 unspecified atom stereocenters. The lowest BCUT2D eigenvalue weighted by atomic mass is 10.0. The first-order valence-corrected chi connectivity index (χ1v) is 6.81. The maximum absolute atomic E-state index is 4.72. The van der Waals surface area contributed by atoms with Gasteiger partial charge in [-0.3, -0.25) is 0 Å². The van der Waals surface area contributed by atoms with Crippen LogP contribution in [0.15, 0.2) is 63.7 Å². The van der Waals surface area contributed by atoms with E-state index in [-0.39, 0.29) is 0 Å². The topological polar surface area (TPSA) is 12.4 Å². The maximum atomic E-state index is 4.72. The van der Waals surface area contributed by atoms with Gasteiger partial charge >= 0.3 is 0 Å². The summed E-state index contributed by atoms with van der Waals surface area (Å²) in [6.07, 6.45) is 7.57. The molecule has 1 nitrogen and oxygen atoms in total. The van der Waals surface area contributed by atoms with Crippen LogP contribution in [-0.4, -0.2) is 0 Å². The standard InChI is InChI=1S/C16H10BrN/c17-12-6-3-4-10-8-9-14-16(15(10)12)11-5-1-2-7-13(11)18-14/h1,3-9H,2H2. The van der Waals surface area contributed by atoms with Crippen LogP contribution >= 0.6 is 15.9 Å². The molecule has 1 aliphatic carbocycles. The van der Waals surface area contributed by atoms with E-state index in [1.54, 1.807) is 0 Å². The summed E-state index contributed by atoms with van der Waals surface area (Å²) in [5, 5.41) is 4.87. The van der Waals surface area contributed by atoms with Crippen LogP contribution in [0.1, 0.15) is 6.42 Å². The van der Waals surface area contributed by atoms with Crippen molar-refractivity contribution in [1.82, 2.24) is 0 Å². The average Bonchev–Trinajstić information content (AvgIpc) is 2.77. The highest BCUT2D eigenvalue weighted by Gasteiger charge is 2.15. The number of hydrogen-bond donors (Lipinski definition) is 0. The van der Waals surface area contributed by atoms with Crippen molar-refractivity contribution in [2.75, 3.05) is 0 Å². The van der Waals surface area contributed by atoms with E-state index in [4.69, 9.17) is 4.99 Å². The van der Waals surface area contributed by atoms with E-state index >= 15 is 0 Å². The Morgan fingerprint density at radius 2 is 2.06 bits per heavy atom. The van der Waals surface area contributed by atoms with Gasteiger partial charge < -0.3 is 0 Å². The van der Waals surface area contributed by atoms with E-state index in [1.165, 1.54) is 21.6 Å². The lowest BCUT2D eigenvalue weighted by Gasteiger charge is -2.04. The van der Waals surface area contributed by atoms with Gasteiger partial charge in [0.2, 0.25) is 0 Å². The van der Waals surface area contributed by atoms with E-state index in [1.807, 2.05) is 0 Å². The molecule has 0 fully saturated rings. The molecule has 0 bridgehead atoms. The smallest absolute Gasteiger partial charge is 0.0723 e. The first kappa shape index (κ1) is 10.3. The minimum Gasteiger partial charge on any atom is -0.248 e. The second kappa shape index (κ2) is 3.66. The second-order valence-electron chi connectivity index (χ2n) is 4.55. The Morgan fingerprint density at radius 3 is 3.00 bits per heavy atom. The molecule has 2 aliphatic rings. The molecule has 0 saturated heterocycles. The summed E-state index contributed by atoms with van der Waals surface area (Å²) in [5.74, 6) is 0. The third-order valence-corrected chi connectivity index (χ3v) is 4.15. The molecule has 0 saturated carbocycles. The van der Waals surface area contributed by atoms with Gasteiger partial charge in [0.05, 0.1) is 11.1 Å². The van der Waals surface area contributed by atoms with Gasteiger partial charge in [0.15, 0.2) is 0 Å². The zero-order valence-corrected chi connectivity index (χ0v) is 11.2. The summed E-state index contributed by atoms with van der Waals surface area (Å²) in [6, 6.07) is 10.6. The van der Waals surface area contributed by atoms with Crippen LogP contribution in [0.25, 0.3) is 16.3 Å². The predicted molar refractivity (Wildman–Crippen MR) is 77.7 cm³/mol. The predicted octanol–water partition coefficient (Wildman–Crippen LogP) is 3.23. The van der Waals surface area contributed by atoms with Crippen molar-refractivity contribution in [3.05, 3.63) is 69.3 Å². The quantitative estimate of drug-likeness (QED) is 0.708. The number of hydrogen-bond acceptors (Lipinski definition) is 1. The van der Waals surface area contributed by atoms with Crippen molar-refractivity contribution in [3.8, 4) is 0 Å². The maximum Gasteiger partial charge on any atom is 0.0723 e. The third-order valence-electron chi connectivity index (χ3n) is 3.49. The van der Waals surface area contributed by atoms with Crippen molar-refractivity contribution < 1.29 is 0 Å². The summed E-state index contributed by atoms with van der Waals surface area (Å²) < 4.78 is 1.14. The summed E-state index contributed by atoms with van der Waals surface area (Å²) in [6.45, 7) is 0. The Kier molecular flexibility index (Phi) is 2.09. The van der Waals surface area contributed by atoms with E-state index < -0.39 is 0 Å². The summed E-state index contributed by atoms with van der Waals surface area (Å²) in [5.41, 5.74) is 2.38. The largest absolute Gasteiger partial charge is 0.248 e. The van der Waals surface area contributed by atoms with Crippen LogP contribution in [0.3, 0.4) is 0 Å². The fourth-order valence-corrected chi connectivity index (χ4v) is 3.28. The Balaban J connectivity index is 2.34. The van der Waals surface area contributed by atoms with Gasteiger partial charge in [-0.25, -0.2) is 4.99 Å². The molecule has 0 aromatic heterocycles. The molecule has 4 rings (SSSR count). The van der Waals surface area contributed by atoms with Crippen molar-refractivity contribution >= 4 is 32.3 Å². The molecule has 2 aromatic carbocycles. The minimum atomic E-state index is 0.982. The van der Waals surface area contributed by atoms with Gasteiger partial charge in [-0.2, -0.15) is 0 Å². The van der Waals surface area contributed by atoms with Crippen molar-refractivity contribution in [2.45, 2.75) is 6.42 Å². The lowest BCUT2D eigenvalue weighted by molar-refractivity contribution is 1.25. The van der Waals surface area contributed by atoms with Crippen molar-refractivity contribution in [1.29, 1.82) is 0 Å². The first-order valence-electron chi connectivity index (χ1n) is 6.02. The molecule has 1 heterocycles. The summed E-state index contributed by atoms with van der Waals surface area (Å²) >= 11 is 3.67. The first-order chi connectivity index (χ1) is 8.84. The van der Waals surface area contributed by atoms with Gasteiger partial charge in [0.25, 0.3) is 0 Å². The average molecular weight is 296 g/mol. The molecule has 0 spiro atoms. The van der Waals surface area contributed by atoms with Gasteiger partial charge in [-0.05, 0) is 23.9 Å². The molecular weight excluding hydrogens is 286 g/mol. The molecule has 0 atom stereocenters. The molecular formula is C16H10BrN. The Bertz CT molecular complexity index is 857. The minimum absolute atomic E-state index is 0.982. The number of halogens is 1. The lowest BCUT2D eigenvalue weighted by Crippen LogP contribution is -2.23. The molecule has 2 aromatic rings. The van der Waals surface area contributed by atoms with Gasteiger partial charge in [-0.15, -0.1) is 0 Å². The summed E-state index contributed by atoms with van der Waals surface area (Å²) in [4.78, 5) is 4.72. The third kappa shape index (κ3) is 1.30. The molecule has 0 N–H and O–H groups in total. The highest BCUT2D eigenvalue weighted by atomic mass is 79.9. The summed E-state index contributed by atoms with van der Waals surface area (Å²) in [7, 11) is 0. The highest BCUT2D eigenvalue weighted by molar-refractivity contribution is 9.10. The van der Waals surface area contributed by atoms with Gasteiger partial charge in [-0.1, -0.05) is 52.4 Å². The number of benzene rings is 2. The van der Waals surface area contributed by atoms with Gasteiger partial charge in [0.1, 0.15) is 0 Å². The molecule has 18 heavy (non-hydrogen) atoms. The fraction of sp³-hybridized carbons (Fsp3) is 0.0625. The van der Waals surface area contributed by atoms with Crippen LogP contribution in [0.5, 0.6) is 0 Å². The number of allylic oxidation sites excluding steroid dienone is 3. The van der Waals surface area contributed by atoms with E-state index in [0.717, 1.165) is 21.9 Å². The Morgan fingerprint density at radius 1 is 1.11 bits per heavy atom. The van der Waals surface area contributed by atoms with E-state index in [0.29, 0.717) is 0 Å². The fourth-order valence-electron chi connectivity index (χ4n) is 2.70. The van der Waals surface area contributed by atoms with Crippen LogP contribution < -0.4 is 10.6 Å². The number of nitrogens with zero attached hydrogens (tertiary/aromatic N) is 1. The molecule has 0 radical (unpaired) electrons. The zero-order chi connectivity index (χ0) is 12.1. The molecule has 1 aliphatic heterocycles. The van der Waals surface area contributed by atoms with E-state index in [2.05, 4.69) is 64.5 Å². The highest BCUT2D eigenvalue weighted by Crippen LogP contribution is 2.25.